The number of hydrogen-bond acceptors (Lipinski definition) is 2. The van der Waals surface area contributed by atoms with Crippen LogP contribution in [0.1, 0.15) is 24.0 Å². The topological polar surface area (TPSA) is 56.7 Å². The van der Waals surface area contributed by atoms with Crippen molar-refractivity contribution in [1.29, 1.82) is 0 Å². The van der Waals surface area contributed by atoms with Crippen molar-refractivity contribution in [3.63, 3.8) is 0 Å². The average Bonchev–Trinajstić information content (AvgIpc) is 2.75. The molecule has 2 aromatic rings. The van der Waals surface area contributed by atoms with Gasteiger partial charge in [-0.2, -0.15) is 0 Å². The van der Waals surface area contributed by atoms with Gasteiger partial charge < -0.3 is 15.5 Å². The molecule has 2 N–H and O–H groups in total. The monoisotopic (exact) mass is 506 g/mol. The van der Waals surface area contributed by atoms with Gasteiger partial charge >= 0.3 is 0 Å². The molecule has 0 unspecified atom stereocenters. The van der Waals surface area contributed by atoms with E-state index in [0.29, 0.717) is 18.4 Å². The van der Waals surface area contributed by atoms with E-state index < -0.39 is 0 Å². The third-order valence-electron chi connectivity index (χ3n) is 5.27. The molecule has 29 heavy (non-hydrogen) atoms. The maximum absolute atomic E-state index is 12.5. The van der Waals surface area contributed by atoms with Crippen molar-refractivity contribution in [1.82, 2.24) is 15.5 Å². The highest BCUT2D eigenvalue weighted by atomic mass is 127. The first kappa shape index (κ1) is 23.2. The van der Waals surface area contributed by atoms with Crippen LogP contribution in [0.15, 0.2) is 65.7 Å². The number of nitrogens with one attached hydrogen (secondary N) is 2. The van der Waals surface area contributed by atoms with Gasteiger partial charge in [-0.1, -0.05) is 60.7 Å². The van der Waals surface area contributed by atoms with E-state index in [0.717, 1.165) is 32.4 Å². The van der Waals surface area contributed by atoms with Gasteiger partial charge in [0.05, 0.1) is 6.54 Å². The summed E-state index contributed by atoms with van der Waals surface area (Å²) in [6.07, 6.45) is 3.25. The third kappa shape index (κ3) is 7.68. The van der Waals surface area contributed by atoms with Crippen LogP contribution in [0.2, 0.25) is 0 Å². The molecule has 3 rings (SSSR count). The van der Waals surface area contributed by atoms with Crippen LogP contribution in [0.3, 0.4) is 0 Å². The van der Waals surface area contributed by atoms with Crippen molar-refractivity contribution in [3.8, 4) is 0 Å². The smallest absolute Gasteiger partial charge is 0.241 e. The molecule has 0 aliphatic carbocycles. The quantitative estimate of drug-likeness (QED) is 0.359. The number of aliphatic imine (C=N–C) groups is 1. The number of nitrogens with zero attached hydrogens (tertiary/aromatic N) is 2. The van der Waals surface area contributed by atoms with Crippen LogP contribution in [0, 0.1) is 5.92 Å². The molecule has 0 bridgehead atoms. The van der Waals surface area contributed by atoms with E-state index in [4.69, 9.17) is 0 Å². The molecule has 1 heterocycles. The molecular weight excluding hydrogens is 475 g/mol. The average molecular weight is 506 g/mol. The molecule has 1 amide bonds. The lowest BCUT2D eigenvalue weighted by Gasteiger charge is -2.32. The number of rotatable bonds is 6. The first-order chi connectivity index (χ1) is 13.7. The van der Waals surface area contributed by atoms with Gasteiger partial charge in [0.15, 0.2) is 5.96 Å². The highest BCUT2D eigenvalue weighted by molar-refractivity contribution is 14.0. The van der Waals surface area contributed by atoms with E-state index in [-0.39, 0.29) is 36.4 Å². The maximum Gasteiger partial charge on any atom is 0.241 e. The first-order valence-electron chi connectivity index (χ1n) is 10.0. The number of amides is 1. The second-order valence-electron chi connectivity index (χ2n) is 7.28. The maximum atomic E-state index is 12.5. The Morgan fingerprint density at radius 3 is 2.14 bits per heavy atom. The van der Waals surface area contributed by atoms with Gasteiger partial charge in [0.25, 0.3) is 0 Å². The summed E-state index contributed by atoms with van der Waals surface area (Å²) in [5.41, 5.74) is 2.57. The molecule has 1 aliphatic rings. The lowest BCUT2D eigenvalue weighted by Crippen LogP contribution is -2.46. The Morgan fingerprint density at radius 2 is 1.55 bits per heavy atom. The summed E-state index contributed by atoms with van der Waals surface area (Å²) in [7, 11) is 1.72. The van der Waals surface area contributed by atoms with Crippen LogP contribution in [0.4, 0.5) is 0 Å². The zero-order valence-corrected chi connectivity index (χ0v) is 19.3. The molecule has 0 radical (unpaired) electrons. The van der Waals surface area contributed by atoms with Gasteiger partial charge in [-0.05, 0) is 36.3 Å². The van der Waals surface area contributed by atoms with E-state index in [1.54, 1.807) is 7.05 Å². The Bertz CT molecular complexity index is 759. The van der Waals surface area contributed by atoms with Crippen LogP contribution < -0.4 is 10.6 Å². The molecule has 0 atom stereocenters. The van der Waals surface area contributed by atoms with Crippen LogP contribution in [0.25, 0.3) is 0 Å². The molecule has 1 aliphatic heterocycles. The Morgan fingerprint density at radius 1 is 0.966 bits per heavy atom. The number of carbonyl (C=O) groups excluding carboxylic acids is 1. The molecule has 1 saturated heterocycles. The zero-order chi connectivity index (χ0) is 19.6. The number of guanidine groups is 1. The van der Waals surface area contributed by atoms with Crippen molar-refractivity contribution in [2.24, 2.45) is 10.9 Å². The van der Waals surface area contributed by atoms with Gasteiger partial charge in [-0.25, -0.2) is 0 Å². The number of benzene rings is 2. The summed E-state index contributed by atoms with van der Waals surface area (Å²) in [5, 5.41) is 6.38. The number of likely N-dealkylation sites (tertiary alicyclic amines) is 1. The fourth-order valence-corrected chi connectivity index (χ4v) is 3.61. The van der Waals surface area contributed by atoms with Crippen LogP contribution in [-0.2, 0) is 17.8 Å². The molecular formula is C23H31IN4O. The normalized spacial score (nSPS) is 14.8. The molecule has 156 valence electrons. The second-order valence-corrected chi connectivity index (χ2v) is 7.28. The summed E-state index contributed by atoms with van der Waals surface area (Å²) >= 11 is 0. The van der Waals surface area contributed by atoms with E-state index in [9.17, 15) is 4.79 Å². The van der Waals surface area contributed by atoms with Crippen LogP contribution in [0.5, 0.6) is 0 Å². The Balaban J connectivity index is 0.00000300. The van der Waals surface area contributed by atoms with Crippen molar-refractivity contribution < 1.29 is 4.79 Å². The Hall–Kier alpha value is -2.09. The van der Waals surface area contributed by atoms with E-state index in [1.165, 1.54) is 11.1 Å². The highest BCUT2D eigenvalue weighted by Gasteiger charge is 2.22. The minimum Gasteiger partial charge on any atom is -0.352 e. The second kappa shape index (κ2) is 12.5. The highest BCUT2D eigenvalue weighted by Crippen LogP contribution is 2.21. The molecule has 0 saturated carbocycles. The molecule has 0 aromatic heterocycles. The third-order valence-corrected chi connectivity index (χ3v) is 5.27. The lowest BCUT2D eigenvalue weighted by molar-refractivity contribution is -0.131. The van der Waals surface area contributed by atoms with Gasteiger partial charge in [-0.15, -0.1) is 24.0 Å². The molecule has 0 spiro atoms. The minimum absolute atomic E-state index is 0. The van der Waals surface area contributed by atoms with Crippen LogP contribution in [-0.4, -0.2) is 43.4 Å². The van der Waals surface area contributed by atoms with Crippen LogP contribution >= 0.6 is 24.0 Å². The fourth-order valence-electron chi connectivity index (χ4n) is 3.61. The standard InChI is InChI=1S/C23H30N4O.HI/c1-24-23(25-17-21-10-6-3-7-11-21)26-18-22(28)27-14-12-20(13-15-27)16-19-8-4-2-5-9-19;/h2-11,20H,12-18H2,1H3,(H2,24,25,26);1H. The largest absolute Gasteiger partial charge is 0.352 e. The van der Waals surface area contributed by atoms with Gasteiger partial charge in [0.1, 0.15) is 0 Å². The lowest BCUT2D eigenvalue weighted by atomic mass is 9.90. The number of carbonyl (C=O) groups is 1. The van der Waals surface area contributed by atoms with E-state index in [1.807, 2.05) is 23.1 Å². The van der Waals surface area contributed by atoms with Gasteiger partial charge in [-0.3, -0.25) is 9.79 Å². The summed E-state index contributed by atoms with van der Waals surface area (Å²) in [4.78, 5) is 18.7. The van der Waals surface area contributed by atoms with Crippen molar-refractivity contribution >= 4 is 35.8 Å². The Labute approximate surface area is 191 Å². The predicted molar refractivity (Wildman–Crippen MR) is 130 cm³/mol. The number of piperidine rings is 1. The molecule has 2 aromatic carbocycles. The van der Waals surface area contributed by atoms with E-state index >= 15 is 0 Å². The van der Waals surface area contributed by atoms with Crippen molar-refractivity contribution in [2.45, 2.75) is 25.8 Å². The minimum atomic E-state index is 0. The van der Waals surface area contributed by atoms with Gasteiger partial charge in [0.2, 0.25) is 5.91 Å². The SMILES string of the molecule is CN=C(NCC(=O)N1CCC(Cc2ccccc2)CC1)NCc1ccccc1.I. The molecule has 5 nitrogen and oxygen atoms in total. The summed E-state index contributed by atoms with van der Waals surface area (Å²) in [5.74, 6) is 1.46. The summed E-state index contributed by atoms with van der Waals surface area (Å²) in [6.45, 7) is 2.64. The molecule has 1 fully saturated rings. The summed E-state index contributed by atoms with van der Waals surface area (Å²) in [6, 6.07) is 20.8. The van der Waals surface area contributed by atoms with Crippen molar-refractivity contribution in [2.75, 3.05) is 26.7 Å². The predicted octanol–water partition coefficient (Wildman–Crippen LogP) is 3.45. The molecule has 6 heteroatoms. The first-order valence-corrected chi connectivity index (χ1v) is 10.0. The number of halogens is 1. The number of hydrogen-bond donors (Lipinski definition) is 2. The summed E-state index contributed by atoms with van der Waals surface area (Å²) < 4.78 is 0. The van der Waals surface area contributed by atoms with Crippen molar-refractivity contribution in [3.05, 3.63) is 71.8 Å². The fraction of sp³-hybridized carbons (Fsp3) is 0.391. The zero-order valence-electron chi connectivity index (χ0n) is 17.0. The van der Waals surface area contributed by atoms with E-state index in [2.05, 4.69) is 58.1 Å². The van der Waals surface area contributed by atoms with Gasteiger partial charge in [0, 0.05) is 26.7 Å². The Kier molecular flexibility index (Phi) is 9.97.